The number of aromatic nitrogens is 1. The molecule has 0 radical (unpaired) electrons. The molecule has 2 amide bonds. The average molecular weight is 504 g/mol. The van der Waals surface area contributed by atoms with Gasteiger partial charge in [0.15, 0.2) is 0 Å². The van der Waals surface area contributed by atoms with E-state index in [0.29, 0.717) is 17.0 Å². The number of benzene rings is 2. The standard InChI is InChI=1S/C29H33N3O5/c1-32(28(36)21-8-15-25(34)30-18-21)26(20-6-13-24(37-2)14-7-20)27(35)31-23-11-9-22(10-12-23)29(19-33)16-4-3-5-17-29/h6-15,18,26,33H,3-5,16-17,19H2,1-2H3,(H,30,34)(H,31,35). The first-order valence-electron chi connectivity index (χ1n) is 12.5. The van der Waals surface area contributed by atoms with Crippen molar-refractivity contribution in [1.29, 1.82) is 0 Å². The molecule has 1 unspecified atom stereocenters. The van der Waals surface area contributed by atoms with Crippen LogP contribution in [-0.4, -0.2) is 47.6 Å². The van der Waals surface area contributed by atoms with Gasteiger partial charge in [0, 0.05) is 30.4 Å². The van der Waals surface area contributed by atoms with Crippen LogP contribution in [0, 0.1) is 0 Å². The van der Waals surface area contributed by atoms with Crippen LogP contribution in [0.25, 0.3) is 0 Å². The Morgan fingerprint density at radius 1 is 1.03 bits per heavy atom. The Morgan fingerprint density at radius 2 is 1.70 bits per heavy atom. The number of anilines is 1. The molecular formula is C29H33N3O5. The molecule has 1 atom stereocenters. The monoisotopic (exact) mass is 503 g/mol. The molecule has 1 heterocycles. The topological polar surface area (TPSA) is 112 Å². The number of ether oxygens (including phenoxy) is 1. The van der Waals surface area contributed by atoms with Crippen molar-refractivity contribution in [3.63, 3.8) is 0 Å². The molecule has 1 aromatic heterocycles. The summed E-state index contributed by atoms with van der Waals surface area (Å²) in [5.41, 5.74) is 2.00. The maximum atomic E-state index is 13.6. The van der Waals surface area contributed by atoms with Crippen LogP contribution < -0.4 is 15.6 Å². The van der Waals surface area contributed by atoms with Gasteiger partial charge in [-0.3, -0.25) is 14.4 Å². The third-order valence-corrected chi connectivity index (χ3v) is 7.30. The zero-order valence-corrected chi connectivity index (χ0v) is 21.2. The molecule has 194 valence electrons. The maximum Gasteiger partial charge on any atom is 0.256 e. The maximum absolute atomic E-state index is 13.6. The van der Waals surface area contributed by atoms with Crippen molar-refractivity contribution < 1.29 is 19.4 Å². The molecule has 0 aliphatic heterocycles. The molecule has 1 aliphatic rings. The second-order valence-corrected chi connectivity index (χ2v) is 9.60. The number of hydrogen-bond acceptors (Lipinski definition) is 5. The first-order valence-corrected chi connectivity index (χ1v) is 12.5. The Balaban J connectivity index is 1.59. The number of amides is 2. The van der Waals surface area contributed by atoms with E-state index < -0.39 is 11.9 Å². The lowest BCUT2D eigenvalue weighted by molar-refractivity contribution is -0.120. The molecule has 1 fully saturated rings. The van der Waals surface area contributed by atoms with Gasteiger partial charge in [0.1, 0.15) is 11.8 Å². The fraction of sp³-hybridized carbons (Fsp3) is 0.345. The molecule has 0 spiro atoms. The highest BCUT2D eigenvalue weighted by molar-refractivity contribution is 6.01. The highest BCUT2D eigenvalue weighted by Gasteiger charge is 2.33. The summed E-state index contributed by atoms with van der Waals surface area (Å²) in [6, 6.07) is 16.4. The summed E-state index contributed by atoms with van der Waals surface area (Å²) >= 11 is 0. The van der Waals surface area contributed by atoms with Crippen molar-refractivity contribution in [2.45, 2.75) is 43.6 Å². The first kappa shape index (κ1) is 26.2. The minimum atomic E-state index is -0.938. The fourth-order valence-electron chi connectivity index (χ4n) is 5.09. The number of methoxy groups -OCH3 is 1. The van der Waals surface area contributed by atoms with Crippen molar-refractivity contribution in [3.05, 3.63) is 93.9 Å². The summed E-state index contributed by atoms with van der Waals surface area (Å²) in [6.45, 7) is 0.107. The van der Waals surface area contributed by atoms with E-state index in [-0.39, 0.29) is 29.1 Å². The van der Waals surface area contributed by atoms with Crippen molar-refractivity contribution in [2.24, 2.45) is 0 Å². The Hall–Kier alpha value is -3.91. The van der Waals surface area contributed by atoms with Gasteiger partial charge < -0.3 is 25.0 Å². The van der Waals surface area contributed by atoms with Crippen molar-refractivity contribution in [1.82, 2.24) is 9.88 Å². The summed E-state index contributed by atoms with van der Waals surface area (Å²) in [4.78, 5) is 42.1. The van der Waals surface area contributed by atoms with Crippen LogP contribution in [-0.2, 0) is 10.2 Å². The highest BCUT2D eigenvalue weighted by Crippen LogP contribution is 2.39. The van der Waals surface area contributed by atoms with E-state index in [1.807, 2.05) is 24.3 Å². The van der Waals surface area contributed by atoms with Gasteiger partial charge in [-0.1, -0.05) is 43.5 Å². The van der Waals surface area contributed by atoms with Crippen LogP contribution in [0.4, 0.5) is 5.69 Å². The molecule has 8 nitrogen and oxygen atoms in total. The molecule has 1 saturated carbocycles. The van der Waals surface area contributed by atoms with Gasteiger partial charge in [0.25, 0.3) is 11.8 Å². The number of nitrogens with one attached hydrogen (secondary N) is 2. The number of aromatic amines is 1. The number of hydrogen-bond donors (Lipinski definition) is 3. The van der Waals surface area contributed by atoms with Gasteiger partial charge in [-0.25, -0.2) is 0 Å². The number of carbonyl (C=O) groups excluding carboxylic acids is 2. The molecule has 2 aromatic carbocycles. The molecule has 1 aliphatic carbocycles. The average Bonchev–Trinajstić information content (AvgIpc) is 2.94. The highest BCUT2D eigenvalue weighted by atomic mass is 16.5. The Bertz CT molecular complexity index is 1260. The quantitative estimate of drug-likeness (QED) is 0.430. The van der Waals surface area contributed by atoms with E-state index in [4.69, 9.17) is 4.74 Å². The van der Waals surface area contributed by atoms with Crippen molar-refractivity contribution in [3.8, 4) is 5.75 Å². The van der Waals surface area contributed by atoms with Gasteiger partial charge >= 0.3 is 0 Å². The van der Waals surface area contributed by atoms with Gasteiger partial charge in [0.05, 0.1) is 19.3 Å². The van der Waals surface area contributed by atoms with Crippen LogP contribution in [0.2, 0.25) is 0 Å². The van der Waals surface area contributed by atoms with Crippen LogP contribution in [0.1, 0.15) is 59.6 Å². The van der Waals surface area contributed by atoms with E-state index in [9.17, 15) is 19.5 Å². The van der Waals surface area contributed by atoms with E-state index in [1.54, 1.807) is 38.4 Å². The number of likely N-dealkylation sites (N-methyl/N-ethyl adjacent to an activating group) is 1. The number of rotatable bonds is 8. The predicted molar refractivity (Wildman–Crippen MR) is 142 cm³/mol. The van der Waals surface area contributed by atoms with Crippen molar-refractivity contribution >= 4 is 17.5 Å². The molecule has 8 heteroatoms. The largest absolute Gasteiger partial charge is 0.497 e. The Kier molecular flexibility index (Phi) is 8.08. The minimum absolute atomic E-state index is 0.107. The summed E-state index contributed by atoms with van der Waals surface area (Å²) in [7, 11) is 3.11. The third kappa shape index (κ3) is 5.75. The van der Waals surface area contributed by atoms with Crippen LogP contribution in [0.3, 0.4) is 0 Å². The zero-order chi connectivity index (χ0) is 26.4. The second-order valence-electron chi connectivity index (χ2n) is 9.60. The van der Waals surface area contributed by atoms with Crippen LogP contribution in [0.5, 0.6) is 5.75 Å². The Morgan fingerprint density at radius 3 is 2.27 bits per heavy atom. The second kappa shape index (κ2) is 11.4. The lowest BCUT2D eigenvalue weighted by Gasteiger charge is -2.36. The predicted octanol–water partition coefficient (Wildman–Crippen LogP) is 4.03. The van der Waals surface area contributed by atoms with E-state index in [2.05, 4.69) is 10.3 Å². The molecule has 0 bridgehead atoms. The number of aliphatic hydroxyl groups is 1. The molecule has 0 saturated heterocycles. The number of carbonyl (C=O) groups is 2. The smallest absolute Gasteiger partial charge is 0.256 e. The van der Waals surface area contributed by atoms with Crippen LogP contribution >= 0.6 is 0 Å². The van der Waals surface area contributed by atoms with Crippen LogP contribution in [0.15, 0.2) is 71.7 Å². The number of pyridine rings is 1. The third-order valence-electron chi connectivity index (χ3n) is 7.30. The Labute approximate surface area is 216 Å². The van der Waals surface area contributed by atoms with Gasteiger partial charge in [-0.15, -0.1) is 0 Å². The molecule has 4 rings (SSSR count). The number of H-pyrrole nitrogens is 1. The van der Waals surface area contributed by atoms with E-state index in [1.165, 1.54) is 29.7 Å². The minimum Gasteiger partial charge on any atom is -0.497 e. The summed E-state index contributed by atoms with van der Waals surface area (Å²) in [5.74, 6) is -0.161. The summed E-state index contributed by atoms with van der Waals surface area (Å²) in [6.07, 6.45) is 6.62. The first-order chi connectivity index (χ1) is 17.9. The normalized spacial score (nSPS) is 15.4. The summed E-state index contributed by atoms with van der Waals surface area (Å²) in [5, 5.41) is 13.1. The van der Waals surface area contributed by atoms with E-state index in [0.717, 1.165) is 31.2 Å². The van der Waals surface area contributed by atoms with Crippen molar-refractivity contribution in [2.75, 3.05) is 26.1 Å². The zero-order valence-electron chi connectivity index (χ0n) is 21.2. The SMILES string of the molecule is COc1ccc(C(C(=O)Nc2ccc(C3(CO)CCCCC3)cc2)N(C)C(=O)c2ccc(=O)[nH]c2)cc1. The van der Waals surface area contributed by atoms with Gasteiger partial charge in [0.2, 0.25) is 5.56 Å². The van der Waals surface area contributed by atoms with Gasteiger partial charge in [-0.05, 0) is 54.3 Å². The molecule has 3 aromatic rings. The molecule has 3 N–H and O–H groups in total. The number of aliphatic hydroxyl groups excluding tert-OH is 1. The fourth-order valence-corrected chi connectivity index (χ4v) is 5.09. The lowest BCUT2D eigenvalue weighted by atomic mass is 9.70. The lowest BCUT2D eigenvalue weighted by Crippen LogP contribution is -2.39. The van der Waals surface area contributed by atoms with Gasteiger partial charge in [-0.2, -0.15) is 0 Å². The molecular weight excluding hydrogens is 470 g/mol. The van der Waals surface area contributed by atoms with E-state index >= 15 is 0 Å². The number of nitrogens with zero attached hydrogens (tertiary/aromatic N) is 1. The molecule has 37 heavy (non-hydrogen) atoms. The summed E-state index contributed by atoms with van der Waals surface area (Å²) < 4.78 is 5.24.